The van der Waals surface area contributed by atoms with E-state index in [1.807, 2.05) is 19.1 Å². The Hall–Kier alpha value is -2.85. The first kappa shape index (κ1) is 19.5. The van der Waals surface area contributed by atoms with Crippen LogP contribution in [0.5, 0.6) is 5.75 Å². The molecule has 0 atom stereocenters. The molecule has 0 unspecified atom stereocenters. The number of hydrogen-bond acceptors (Lipinski definition) is 4. The second kappa shape index (κ2) is 8.66. The van der Waals surface area contributed by atoms with Crippen LogP contribution in [0.15, 0.2) is 54.6 Å². The van der Waals surface area contributed by atoms with E-state index in [-0.39, 0.29) is 5.75 Å². The van der Waals surface area contributed by atoms with E-state index in [9.17, 15) is 5.11 Å². The number of rotatable bonds is 6. The van der Waals surface area contributed by atoms with Crippen molar-refractivity contribution in [3.63, 3.8) is 0 Å². The van der Waals surface area contributed by atoms with E-state index in [4.69, 9.17) is 4.98 Å². The maximum atomic E-state index is 10.4. The summed E-state index contributed by atoms with van der Waals surface area (Å²) in [6, 6.07) is 18.2. The molecule has 0 radical (unpaired) electrons. The number of nitrogens with one attached hydrogen (secondary N) is 1. The number of aromatic hydroxyl groups is 1. The van der Waals surface area contributed by atoms with Gasteiger partial charge in [0.2, 0.25) is 0 Å². The monoisotopic (exact) mass is 387 g/mol. The Balaban J connectivity index is 1.69. The minimum Gasteiger partial charge on any atom is -0.507 e. The molecule has 2 aromatic carbocycles. The first-order valence-electron chi connectivity index (χ1n) is 10.4. The molecule has 4 nitrogen and oxygen atoms in total. The van der Waals surface area contributed by atoms with Crippen LogP contribution in [0.1, 0.15) is 24.0 Å². The lowest BCUT2D eigenvalue weighted by Crippen LogP contribution is -2.26. The van der Waals surface area contributed by atoms with E-state index < -0.39 is 0 Å². The standard InChI is InChI=1S/C25H29N3O/c1-18-9-10-24(29)22(15-18)23-16-20(21-8-4-3-7-19(21)2)17-25(27-23)26-11-14-28-12-5-6-13-28/h3-4,7-10,15-17,29H,5-6,11-14H2,1-2H3,(H,26,27). The van der Waals surface area contributed by atoms with Crippen molar-refractivity contribution in [2.24, 2.45) is 0 Å². The van der Waals surface area contributed by atoms with Gasteiger partial charge in [-0.05, 0) is 80.7 Å². The molecule has 0 aliphatic carbocycles. The maximum absolute atomic E-state index is 10.4. The van der Waals surface area contributed by atoms with E-state index in [1.54, 1.807) is 6.07 Å². The largest absolute Gasteiger partial charge is 0.507 e. The predicted molar refractivity (Wildman–Crippen MR) is 120 cm³/mol. The van der Waals surface area contributed by atoms with Crippen molar-refractivity contribution in [3.05, 3.63) is 65.7 Å². The molecule has 4 heteroatoms. The molecule has 0 bridgehead atoms. The van der Waals surface area contributed by atoms with Crippen LogP contribution >= 0.6 is 0 Å². The van der Waals surface area contributed by atoms with Gasteiger partial charge in [-0.3, -0.25) is 0 Å². The molecule has 1 aromatic heterocycles. The van der Waals surface area contributed by atoms with Crippen LogP contribution in [0.2, 0.25) is 0 Å². The molecule has 2 N–H and O–H groups in total. The molecule has 0 saturated carbocycles. The summed E-state index contributed by atoms with van der Waals surface area (Å²) in [5.41, 5.74) is 6.17. The number of phenols is 1. The summed E-state index contributed by atoms with van der Waals surface area (Å²) < 4.78 is 0. The highest BCUT2D eigenvalue weighted by atomic mass is 16.3. The molecule has 150 valence electrons. The molecule has 4 rings (SSSR count). The second-order valence-corrected chi connectivity index (χ2v) is 7.94. The van der Waals surface area contributed by atoms with Gasteiger partial charge < -0.3 is 15.3 Å². The highest BCUT2D eigenvalue weighted by Crippen LogP contribution is 2.34. The van der Waals surface area contributed by atoms with Crippen LogP contribution < -0.4 is 5.32 Å². The molecule has 3 aromatic rings. The Morgan fingerprint density at radius 2 is 1.76 bits per heavy atom. The predicted octanol–water partition coefficient (Wildman–Crippen LogP) is 5.25. The van der Waals surface area contributed by atoms with Gasteiger partial charge in [-0.25, -0.2) is 4.98 Å². The third kappa shape index (κ3) is 4.60. The zero-order valence-electron chi connectivity index (χ0n) is 17.3. The van der Waals surface area contributed by atoms with Gasteiger partial charge in [0.15, 0.2) is 0 Å². The van der Waals surface area contributed by atoms with Crippen LogP contribution in [-0.4, -0.2) is 41.2 Å². The minimum absolute atomic E-state index is 0.257. The molecule has 1 fully saturated rings. The van der Waals surface area contributed by atoms with Crippen molar-refractivity contribution in [2.45, 2.75) is 26.7 Å². The second-order valence-electron chi connectivity index (χ2n) is 7.94. The molecule has 29 heavy (non-hydrogen) atoms. The number of aromatic nitrogens is 1. The highest BCUT2D eigenvalue weighted by molar-refractivity contribution is 5.77. The first-order chi connectivity index (χ1) is 14.1. The van der Waals surface area contributed by atoms with E-state index in [2.05, 4.69) is 53.5 Å². The summed E-state index contributed by atoms with van der Waals surface area (Å²) in [6.45, 7) is 8.44. The molecule has 0 spiro atoms. The molecular weight excluding hydrogens is 358 g/mol. The van der Waals surface area contributed by atoms with Gasteiger partial charge in [-0.2, -0.15) is 0 Å². The summed E-state index contributed by atoms with van der Waals surface area (Å²) in [7, 11) is 0. The van der Waals surface area contributed by atoms with Crippen LogP contribution in [0.25, 0.3) is 22.4 Å². The Kier molecular flexibility index (Phi) is 5.81. The fourth-order valence-corrected chi connectivity index (χ4v) is 4.01. The van der Waals surface area contributed by atoms with Gasteiger partial charge in [-0.1, -0.05) is 35.9 Å². The van der Waals surface area contributed by atoms with E-state index in [0.29, 0.717) is 0 Å². The summed E-state index contributed by atoms with van der Waals surface area (Å²) in [5, 5.41) is 14.0. The number of pyridine rings is 1. The number of nitrogens with zero attached hydrogens (tertiary/aromatic N) is 2. The molecular formula is C25H29N3O. The topological polar surface area (TPSA) is 48.4 Å². The third-order valence-electron chi connectivity index (χ3n) is 5.64. The Morgan fingerprint density at radius 1 is 0.966 bits per heavy atom. The minimum atomic E-state index is 0.257. The van der Waals surface area contributed by atoms with Crippen LogP contribution in [0.4, 0.5) is 5.82 Å². The molecule has 0 amide bonds. The number of hydrogen-bond donors (Lipinski definition) is 2. The van der Waals surface area contributed by atoms with Gasteiger partial charge in [-0.15, -0.1) is 0 Å². The maximum Gasteiger partial charge on any atom is 0.127 e. The summed E-state index contributed by atoms with van der Waals surface area (Å²) in [6.07, 6.45) is 2.61. The zero-order valence-corrected chi connectivity index (χ0v) is 17.3. The SMILES string of the molecule is Cc1ccc(O)c(-c2cc(-c3ccccc3C)cc(NCCN3CCCC3)n2)c1. The number of likely N-dealkylation sites (tertiary alicyclic amines) is 1. The zero-order chi connectivity index (χ0) is 20.2. The number of anilines is 1. The van der Waals surface area contributed by atoms with Crippen LogP contribution in [0.3, 0.4) is 0 Å². The fourth-order valence-electron chi connectivity index (χ4n) is 4.01. The average Bonchev–Trinajstić information content (AvgIpc) is 3.23. The van der Waals surface area contributed by atoms with Gasteiger partial charge in [0.05, 0.1) is 5.69 Å². The van der Waals surface area contributed by atoms with Crippen LogP contribution in [0, 0.1) is 13.8 Å². The highest BCUT2D eigenvalue weighted by Gasteiger charge is 2.13. The van der Waals surface area contributed by atoms with Crippen molar-refractivity contribution in [3.8, 4) is 28.1 Å². The Bertz CT molecular complexity index is 993. The van der Waals surface area contributed by atoms with Crippen molar-refractivity contribution in [2.75, 3.05) is 31.5 Å². The normalized spacial score (nSPS) is 14.3. The van der Waals surface area contributed by atoms with Gasteiger partial charge in [0.25, 0.3) is 0 Å². The molecule has 2 heterocycles. The molecule has 1 aliphatic rings. The summed E-state index contributed by atoms with van der Waals surface area (Å²) in [4.78, 5) is 7.33. The van der Waals surface area contributed by atoms with Gasteiger partial charge in [0, 0.05) is 18.7 Å². The lowest BCUT2D eigenvalue weighted by molar-refractivity contribution is 0.352. The van der Waals surface area contributed by atoms with Crippen LogP contribution in [-0.2, 0) is 0 Å². The smallest absolute Gasteiger partial charge is 0.127 e. The molecule has 1 aliphatic heterocycles. The van der Waals surface area contributed by atoms with E-state index >= 15 is 0 Å². The Labute approximate surface area is 173 Å². The first-order valence-corrected chi connectivity index (χ1v) is 10.4. The third-order valence-corrected chi connectivity index (χ3v) is 5.64. The lowest BCUT2D eigenvalue weighted by atomic mass is 9.98. The van der Waals surface area contributed by atoms with Crippen molar-refractivity contribution in [1.82, 2.24) is 9.88 Å². The average molecular weight is 388 g/mol. The lowest BCUT2D eigenvalue weighted by Gasteiger charge is -2.17. The van der Waals surface area contributed by atoms with E-state index in [0.717, 1.165) is 41.3 Å². The van der Waals surface area contributed by atoms with Crippen molar-refractivity contribution >= 4 is 5.82 Å². The van der Waals surface area contributed by atoms with Crippen molar-refractivity contribution in [1.29, 1.82) is 0 Å². The Morgan fingerprint density at radius 3 is 2.55 bits per heavy atom. The number of aryl methyl sites for hydroxylation is 2. The van der Waals surface area contributed by atoms with Gasteiger partial charge in [0.1, 0.15) is 11.6 Å². The molecule has 1 saturated heterocycles. The quantitative estimate of drug-likeness (QED) is 0.607. The number of phenolic OH excluding ortho intramolecular Hbond substituents is 1. The number of benzene rings is 2. The van der Waals surface area contributed by atoms with Crippen molar-refractivity contribution < 1.29 is 5.11 Å². The van der Waals surface area contributed by atoms with Gasteiger partial charge >= 0.3 is 0 Å². The summed E-state index contributed by atoms with van der Waals surface area (Å²) in [5.74, 6) is 1.11. The fraction of sp³-hybridized carbons (Fsp3) is 0.320. The summed E-state index contributed by atoms with van der Waals surface area (Å²) >= 11 is 0. The van der Waals surface area contributed by atoms with E-state index in [1.165, 1.54) is 37.1 Å².